The van der Waals surface area contributed by atoms with Crippen molar-refractivity contribution in [3.63, 3.8) is 0 Å². The molecular weight excluding hydrogens is 199 g/mol. The lowest BCUT2D eigenvalue weighted by Gasteiger charge is -2.10. The molecule has 0 bridgehead atoms. The first-order valence-electron chi connectivity index (χ1n) is 3.66. The largest absolute Gasteiger partial charge is 0.418 e. The maximum atomic E-state index is 12.3. The van der Waals surface area contributed by atoms with Crippen molar-refractivity contribution in [2.75, 3.05) is 5.75 Å². The molecule has 1 aromatic rings. The number of thiol groups is 1. The van der Waals surface area contributed by atoms with Gasteiger partial charge in [0.25, 0.3) is 0 Å². The van der Waals surface area contributed by atoms with E-state index in [9.17, 15) is 13.2 Å². The Bertz CT molecular complexity index is 285. The van der Waals surface area contributed by atoms with Crippen LogP contribution in [0.5, 0.6) is 0 Å². The summed E-state index contributed by atoms with van der Waals surface area (Å²) in [6.45, 7) is 0. The molecule has 0 N–H and O–H groups in total. The van der Waals surface area contributed by atoms with E-state index in [1.807, 2.05) is 0 Å². The summed E-state index contributed by atoms with van der Waals surface area (Å²) < 4.78 is 36.9. The molecule has 72 valence electrons. The van der Waals surface area contributed by atoms with Gasteiger partial charge in [0.15, 0.2) is 0 Å². The first-order valence-corrected chi connectivity index (χ1v) is 4.30. The van der Waals surface area contributed by atoms with Gasteiger partial charge in [0, 0.05) is 12.4 Å². The quantitative estimate of drug-likeness (QED) is 0.735. The highest BCUT2D eigenvalue weighted by molar-refractivity contribution is 7.80. The van der Waals surface area contributed by atoms with Crippen LogP contribution in [0.25, 0.3) is 0 Å². The molecule has 0 radical (unpaired) electrons. The standard InChI is InChI=1S/C8H8F3NS/c9-8(10,11)7-5-12-3-1-6(7)2-4-13/h1,3,5,13H,2,4H2. The van der Waals surface area contributed by atoms with E-state index in [4.69, 9.17) is 0 Å². The molecule has 1 heterocycles. The van der Waals surface area contributed by atoms with Crippen molar-refractivity contribution < 1.29 is 13.2 Å². The second-order valence-electron chi connectivity index (χ2n) is 2.50. The summed E-state index contributed by atoms with van der Waals surface area (Å²) in [6.07, 6.45) is -1.81. The third kappa shape index (κ3) is 2.62. The fourth-order valence-corrected chi connectivity index (χ4v) is 1.26. The van der Waals surface area contributed by atoms with Crippen molar-refractivity contribution in [2.24, 2.45) is 0 Å². The third-order valence-corrected chi connectivity index (χ3v) is 1.82. The van der Waals surface area contributed by atoms with Gasteiger partial charge in [-0.25, -0.2) is 0 Å². The predicted molar refractivity (Wildman–Crippen MR) is 46.8 cm³/mol. The van der Waals surface area contributed by atoms with Gasteiger partial charge in [-0.1, -0.05) is 0 Å². The van der Waals surface area contributed by atoms with Crippen LogP contribution in [0.1, 0.15) is 11.1 Å². The van der Waals surface area contributed by atoms with Crippen LogP contribution in [0.15, 0.2) is 18.5 Å². The molecule has 0 atom stereocenters. The van der Waals surface area contributed by atoms with Gasteiger partial charge in [-0.3, -0.25) is 4.98 Å². The van der Waals surface area contributed by atoms with E-state index < -0.39 is 11.7 Å². The molecule has 0 saturated carbocycles. The minimum absolute atomic E-state index is 0.248. The number of aromatic nitrogens is 1. The van der Waals surface area contributed by atoms with Crippen LogP contribution in [0, 0.1) is 0 Å². The second-order valence-corrected chi connectivity index (χ2v) is 2.95. The maximum absolute atomic E-state index is 12.3. The van der Waals surface area contributed by atoms with Crippen LogP contribution in [0.4, 0.5) is 13.2 Å². The molecule has 0 aliphatic carbocycles. The van der Waals surface area contributed by atoms with Gasteiger partial charge >= 0.3 is 6.18 Å². The summed E-state index contributed by atoms with van der Waals surface area (Å²) in [7, 11) is 0. The van der Waals surface area contributed by atoms with Crippen molar-refractivity contribution in [2.45, 2.75) is 12.6 Å². The number of hydrogen-bond donors (Lipinski definition) is 1. The summed E-state index contributed by atoms with van der Waals surface area (Å²) in [5, 5.41) is 0. The molecule has 1 rings (SSSR count). The summed E-state index contributed by atoms with van der Waals surface area (Å²) in [5.41, 5.74) is -0.415. The summed E-state index contributed by atoms with van der Waals surface area (Å²) >= 11 is 3.89. The van der Waals surface area contributed by atoms with Gasteiger partial charge in [-0.15, -0.1) is 0 Å². The predicted octanol–water partition coefficient (Wildman–Crippen LogP) is 2.57. The summed E-state index contributed by atoms with van der Waals surface area (Å²) in [5.74, 6) is 0.396. The minimum Gasteiger partial charge on any atom is -0.264 e. The Morgan fingerprint density at radius 3 is 2.62 bits per heavy atom. The first-order chi connectivity index (χ1) is 6.05. The normalized spacial score (nSPS) is 11.7. The highest BCUT2D eigenvalue weighted by Crippen LogP contribution is 2.31. The zero-order valence-electron chi connectivity index (χ0n) is 6.67. The van der Waals surface area contributed by atoms with Crippen LogP contribution in [-0.2, 0) is 12.6 Å². The molecule has 13 heavy (non-hydrogen) atoms. The van der Waals surface area contributed by atoms with E-state index in [0.29, 0.717) is 12.2 Å². The number of alkyl halides is 3. The molecule has 0 fully saturated rings. The Kier molecular flexibility index (Phi) is 3.19. The van der Waals surface area contributed by atoms with Gasteiger partial charge in [0.2, 0.25) is 0 Å². The van der Waals surface area contributed by atoms with Gasteiger partial charge in [0.05, 0.1) is 5.56 Å². The number of rotatable bonds is 2. The average molecular weight is 207 g/mol. The fourth-order valence-electron chi connectivity index (χ4n) is 1.02. The lowest BCUT2D eigenvalue weighted by molar-refractivity contribution is -0.138. The highest BCUT2D eigenvalue weighted by Gasteiger charge is 2.33. The SMILES string of the molecule is FC(F)(F)c1cnccc1CCS. The Balaban J connectivity index is 3.05. The molecule has 0 aromatic carbocycles. The van der Waals surface area contributed by atoms with Gasteiger partial charge in [0.1, 0.15) is 0 Å². The summed E-state index contributed by atoms with van der Waals surface area (Å²) in [4.78, 5) is 3.45. The highest BCUT2D eigenvalue weighted by atomic mass is 32.1. The Morgan fingerprint density at radius 1 is 1.38 bits per heavy atom. The topological polar surface area (TPSA) is 12.9 Å². The van der Waals surface area contributed by atoms with Crippen molar-refractivity contribution >= 4 is 12.6 Å². The lowest BCUT2D eigenvalue weighted by Crippen LogP contribution is -2.09. The molecule has 0 saturated heterocycles. The minimum atomic E-state index is -4.31. The van der Waals surface area contributed by atoms with Crippen LogP contribution in [-0.4, -0.2) is 10.7 Å². The zero-order valence-corrected chi connectivity index (χ0v) is 7.57. The van der Waals surface area contributed by atoms with Crippen LogP contribution >= 0.6 is 12.6 Å². The maximum Gasteiger partial charge on any atom is 0.418 e. The number of pyridine rings is 1. The van der Waals surface area contributed by atoms with Gasteiger partial charge < -0.3 is 0 Å². The van der Waals surface area contributed by atoms with E-state index in [2.05, 4.69) is 17.6 Å². The van der Waals surface area contributed by atoms with Crippen LogP contribution < -0.4 is 0 Å². The fraction of sp³-hybridized carbons (Fsp3) is 0.375. The van der Waals surface area contributed by atoms with E-state index >= 15 is 0 Å². The molecule has 0 unspecified atom stereocenters. The van der Waals surface area contributed by atoms with Crippen molar-refractivity contribution in [3.05, 3.63) is 29.6 Å². The molecule has 0 aliphatic heterocycles. The Morgan fingerprint density at radius 2 is 2.08 bits per heavy atom. The Hall–Kier alpha value is -0.710. The molecule has 0 aliphatic rings. The zero-order chi connectivity index (χ0) is 9.90. The van der Waals surface area contributed by atoms with E-state index in [0.717, 1.165) is 6.20 Å². The van der Waals surface area contributed by atoms with Crippen LogP contribution in [0.3, 0.4) is 0 Å². The number of hydrogen-bond acceptors (Lipinski definition) is 2. The number of halogens is 3. The average Bonchev–Trinajstić information content (AvgIpc) is 2.04. The van der Waals surface area contributed by atoms with Crippen molar-refractivity contribution in [1.82, 2.24) is 4.98 Å². The number of nitrogens with zero attached hydrogens (tertiary/aromatic N) is 1. The second kappa shape index (κ2) is 4.00. The first kappa shape index (κ1) is 10.4. The lowest BCUT2D eigenvalue weighted by atomic mass is 10.1. The number of aryl methyl sites for hydroxylation is 1. The van der Waals surface area contributed by atoms with Gasteiger partial charge in [-0.2, -0.15) is 25.8 Å². The summed E-state index contributed by atoms with van der Waals surface area (Å²) in [6, 6.07) is 1.37. The molecule has 1 aromatic heterocycles. The van der Waals surface area contributed by atoms with Crippen molar-refractivity contribution in [3.8, 4) is 0 Å². The van der Waals surface area contributed by atoms with Crippen molar-refractivity contribution in [1.29, 1.82) is 0 Å². The molecule has 5 heteroatoms. The van der Waals surface area contributed by atoms with E-state index in [1.165, 1.54) is 12.3 Å². The molecule has 0 amide bonds. The molecular formula is C8H8F3NS. The third-order valence-electron chi connectivity index (χ3n) is 1.60. The van der Waals surface area contributed by atoms with E-state index in [-0.39, 0.29) is 5.56 Å². The molecule has 0 spiro atoms. The smallest absolute Gasteiger partial charge is 0.264 e. The van der Waals surface area contributed by atoms with Gasteiger partial charge in [-0.05, 0) is 23.8 Å². The Labute approximate surface area is 79.4 Å². The molecule has 1 nitrogen and oxygen atoms in total. The van der Waals surface area contributed by atoms with Crippen LogP contribution in [0.2, 0.25) is 0 Å². The monoisotopic (exact) mass is 207 g/mol. The van der Waals surface area contributed by atoms with E-state index in [1.54, 1.807) is 0 Å².